The first-order valence-electron chi connectivity index (χ1n) is 7.23. The molecule has 0 spiro atoms. The first kappa shape index (κ1) is 20.1. The number of hydrogen-bond acceptors (Lipinski definition) is 4. The summed E-state index contributed by atoms with van der Waals surface area (Å²) in [5.74, 6) is -0.729. The van der Waals surface area contributed by atoms with Gasteiger partial charge < -0.3 is 10.1 Å². The van der Waals surface area contributed by atoms with Crippen LogP contribution >= 0.6 is 23.2 Å². The lowest BCUT2D eigenvalue weighted by Crippen LogP contribution is -2.50. The molecule has 0 radical (unpaired) electrons. The summed E-state index contributed by atoms with van der Waals surface area (Å²) in [5, 5.41) is 3.31. The molecule has 0 aliphatic carbocycles. The highest BCUT2D eigenvalue weighted by atomic mass is 35.5. The van der Waals surface area contributed by atoms with Crippen LogP contribution in [0.25, 0.3) is 0 Å². The quantitative estimate of drug-likeness (QED) is 0.500. The first-order chi connectivity index (χ1) is 11.3. The molecule has 1 aromatic carbocycles. The predicted molar refractivity (Wildman–Crippen MR) is 90.8 cm³/mol. The third-order valence-electron chi connectivity index (χ3n) is 2.84. The smallest absolute Gasteiger partial charge is 0.260 e. The molecule has 1 aromatic rings. The minimum absolute atomic E-state index is 0.153. The Morgan fingerprint density at radius 1 is 1.21 bits per heavy atom. The van der Waals surface area contributed by atoms with E-state index in [0.29, 0.717) is 22.2 Å². The lowest BCUT2D eigenvalue weighted by molar-refractivity contribution is -0.131. The summed E-state index contributed by atoms with van der Waals surface area (Å²) in [6.45, 7) is 3.09. The number of rotatable bonds is 7. The van der Waals surface area contributed by atoms with Crippen LogP contribution in [0.15, 0.2) is 18.2 Å². The maximum atomic E-state index is 11.6. The number of amides is 3. The summed E-state index contributed by atoms with van der Waals surface area (Å²) >= 11 is 11.7. The van der Waals surface area contributed by atoms with Crippen molar-refractivity contribution in [3.05, 3.63) is 28.2 Å². The van der Waals surface area contributed by atoms with Gasteiger partial charge in [-0.05, 0) is 31.5 Å². The minimum Gasteiger partial charge on any atom is -0.492 e. The number of ether oxygens (including phenoxy) is 1. The predicted octanol–water partition coefficient (Wildman–Crippen LogP) is 1.82. The maximum absolute atomic E-state index is 11.6. The van der Waals surface area contributed by atoms with Crippen LogP contribution in [-0.4, -0.2) is 30.4 Å². The highest BCUT2D eigenvalue weighted by Gasteiger charge is 2.14. The molecule has 7 nitrogen and oxygen atoms in total. The summed E-state index contributed by atoms with van der Waals surface area (Å²) in [6.07, 6.45) is 0.585. The third kappa shape index (κ3) is 7.52. The highest BCUT2D eigenvalue weighted by Crippen LogP contribution is 2.27. The molecule has 1 atom stereocenters. The molecule has 24 heavy (non-hydrogen) atoms. The molecular weight excluding hydrogens is 357 g/mol. The second-order valence-electron chi connectivity index (χ2n) is 4.99. The normalized spacial score (nSPS) is 11.3. The van der Waals surface area contributed by atoms with Gasteiger partial charge in [0.15, 0.2) is 0 Å². The third-order valence-corrected chi connectivity index (χ3v) is 3.37. The second-order valence-corrected chi connectivity index (χ2v) is 5.83. The van der Waals surface area contributed by atoms with Crippen molar-refractivity contribution in [1.82, 2.24) is 16.2 Å². The fourth-order valence-corrected chi connectivity index (χ4v) is 2.14. The Morgan fingerprint density at radius 2 is 1.92 bits per heavy atom. The Hall–Kier alpha value is -1.99. The van der Waals surface area contributed by atoms with Gasteiger partial charge in [0, 0.05) is 18.4 Å². The molecule has 3 N–H and O–H groups in total. The van der Waals surface area contributed by atoms with Gasteiger partial charge in [0.05, 0.1) is 11.6 Å². The Bertz CT molecular complexity index is 610. The van der Waals surface area contributed by atoms with E-state index in [2.05, 4.69) is 16.2 Å². The molecule has 0 aromatic heterocycles. The summed E-state index contributed by atoms with van der Waals surface area (Å²) in [4.78, 5) is 34.0. The molecule has 0 fully saturated rings. The van der Waals surface area contributed by atoms with Gasteiger partial charge in [-0.15, -0.1) is 0 Å². The van der Waals surface area contributed by atoms with Crippen LogP contribution < -0.4 is 20.9 Å². The number of carbonyl (C=O) groups is 3. The minimum atomic E-state index is -0.738. The molecule has 9 heteroatoms. The van der Waals surface area contributed by atoms with E-state index < -0.39 is 11.9 Å². The van der Waals surface area contributed by atoms with Crippen molar-refractivity contribution in [1.29, 1.82) is 0 Å². The Morgan fingerprint density at radius 3 is 2.54 bits per heavy atom. The van der Waals surface area contributed by atoms with E-state index in [1.54, 1.807) is 18.2 Å². The summed E-state index contributed by atoms with van der Waals surface area (Å²) < 4.78 is 5.44. The molecule has 3 amide bonds. The average Bonchev–Trinajstić information content (AvgIpc) is 2.50. The van der Waals surface area contributed by atoms with Crippen LogP contribution in [0.3, 0.4) is 0 Å². The summed E-state index contributed by atoms with van der Waals surface area (Å²) in [5.41, 5.74) is 4.50. The number of nitrogens with one attached hydrogen (secondary N) is 3. The van der Waals surface area contributed by atoms with Crippen LogP contribution in [0.4, 0.5) is 0 Å². The number of hydrogen-bond donors (Lipinski definition) is 3. The zero-order chi connectivity index (χ0) is 18.1. The number of benzene rings is 1. The molecule has 0 saturated carbocycles. The van der Waals surface area contributed by atoms with Crippen molar-refractivity contribution in [3.63, 3.8) is 0 Å². The average molecular weight is 376 g/mol. The van der Waals surface area contributed by atoms with Gasteiger partial charge in [-0.3, -0.25) is 25.2 Å². The molecule has 0 heterocycles. The standard InChI is InChI=1S/C15H19Cl2N3O4/c1-9(18-10(2)21)15(23)20-19-14(22)4-3-7-24-13-6-5-11(16)8-12(13)17/h5-6,8-9H,3-4,7H2,1-2H3,(H,18,21)(H,19,22)(H,20,23)/t9-/m1/s1. The topological polar surface area (TPSA) is 96.5 Å². The molecule has 0 saturated heterocycles. The van der Waals surface area contributed by atoms with Crippen LogP contribution in [-0.2, 0) is 14.4 Å². The number of carbonyl (C=O) groups excluding carboxylic acids is 3. The van der Waals surface area contributed by atoms with Gasteiger partial charge in [0.2, 0.25) is 11.8 Å². The van der Waals surface area contributed by atoms with Crippen molar-refractivity contribution in [2.24, 2.45) is 0 Å². The van der Waals surface area contributed by atoms with E-state index in [0.717, 1.165) is 0 Å². The van der Waals surface area contributed by atoms with E-state index >= 15 is 0 Å². The Balaban J connectivity index is 2.22. The van der Waals surface area contributed by atoms with Crippen LogP contribution in [0.1, 0.15) is 26.7 Å². The van der Waals surface area contributed by atoms with Crippen molar-refractivity contribution >= 4 is 40.9 Å². The zero-order valence-corrected chi connectivity index (χ0v) is 14.8. The lowest BCUT2D eigenvalue weighted by atomic mass is 10.3. The largest absolute Gasteiger partial charge is 0.492 e. The van der Waals surface area contributed by atoms with Crippen molar-refractivity contribution < 1.29 is 19.1 Å². The molecule has 0 bridgehead atoms. The fraction of sp³-hybridized carbons (Fsp3) is 0.400. The van der Waals surface area contributed by atoms with Gasteiger partial charge in [0.1, 0.15) is 11.8 Å². The van der Waals surface area contributed by atoms with Gasteiger partial charge >= 0.3 is 0 Å². The van der Waals surface area contributed by atoms with Crippen molar-refractivity contribution in [3.8, 4) is 5.75 Å². The van der Waals surface area contributed by atoms with E-state index in [-0.39, 0.29) is 24.8 Å². The summed E-state index contributed by atoms with van der Waals surface area (Å²) in [7, 11) is 0. The molecular formula is C15H19Cl2N3O4. The van der Waals surface area contributed by atoms with Gasteiger partial charge in [-0.25, -0.2) is 0 Å². The van der Waals surface area contributed by atoms with E-state index in [1.165, 1.54) is 13.8 Å². The zero-order valence-electron chi connectivity index (χ0n) is 13.3. The fourth-order valence-electron chi connectivity index (χ4n) is 1.68. The lowest BCUT2D eigenvalue weighted by Gasteiger charge is -2.13. The van der Waals surface area contributed by atoms with Crippen LogP contribution in [0, 0.1) is 0 Å². The number of halogens is 2. The van der Waals surface area contributed by atoms with E-state index in [1.807, 2.05) is 0 Å². The Kier molecular flexibility index (Phi) is 8.35. The van der Waals surface area contributed by atoms with E-state index in [4.69, 9.17) is 27.9 Å². The first-order valence-corrected chi connectivity index (χ1v) is 7.99. The monoisotopic (exact) mass is 375 g/mol. The van der Waals surface area contributed by atoms with Crippen LogP contribution in [0.2, 0.25) is 10.0 Å². The van der Waals surface area contributed by atoms with Crippen LogP contribution in [0.5, 0.6) is 5.75 Å². The summed E-state index contributed by atoms with van der Waals surface area (Å²) in [6, 6.07) is 4.13. The molecule has 0 aliphatic heterocycles. The highest BCUT2D eigenvalue weighted by molar-refractivity contribution is 6.35. The SMILES string of the molecule is CC(=O)N[C@H](C)C(=O)NNC(=O)CCCOc1ccc(Cl)cc1Cl. The van der Waals surface area contributed by atoms with E-state index in [9.17, 15) is 14.4 Å². The molecule has 0 unspecified atom stereocenters. The Labute approximate surface area is 150 Å². The number of hydrazine groups is 1. The molecule has 132 valence electrons. The second kappa shape index (κ2) is 10.00. The van der Waals surface area contributed by atoms with Crippen molar-refractivity contribution in [2.75, 3.05) is 6.61 Å². The van der Waals surface area contributed by atoms with Gasteiger partial charge in [-0.2, -0.15) is 0 Å². The molecule has 1 rings (SSSR count). The maximum Gasteiger partial charge on any atom is 0.260 e. The van der Waals surface area contributed by atoms with Gasteiger partial charge in [0.25, 0.3) is 5.91 Å². The van der Waals surface area contributed by atoms with Gasteiger partial charge in [-0.1, -0.05) is 23.2 Å². The van der Waals surface area contributed by atoms with Crippen molar-refractivity contribution in [2.45, 2.75) is 32.7 Å². The molecule has 0 aliphatic rings.